The first-order chi connectivity index (χ1) is 13.2. The van der Waals surface area contributed by atoms with Gasteiger partial charge in [0.05, 0.1) is 30.9 Å². The zero-order valence-electron chi connectivity index (χ0n) is 17.1. The SMILES string of the molecule is CCNC(=NCc1nc2ccccc2n1C)N1CCC(COCCOC)C1.I. The number of imidazole rings is 1. The highest BCUT2D eigenvalue weighted by Gasteiger charge is 2.25. The number of aryl methyl sites for hydroxylation is 1. The van der Waals surface area contributed by atoms with Crippen LogP contribution < -0.4 is 5.32 Å². The third-order valence-electron chi connectivity index (χ3n) is 4.96. The van der Waals surface area contributed by atoms with Crippen molar-refractivity contribution < 1.29 is 9.47 Å². The summed E-state index contributed by atoms with van der Waals surface area (Å²) >= 11 is 0. The van der Waals surface area contributed by atoms with Crippen LogP contribution in [-0.4, -0.2) is 67.0 Å². The van der Waals surface area contributed by atoms with Gasteiger partial charge in [0, 0.05) is 39.7 Å². The van der Waals surface area contributed by atoms with Crippen LogP contribution in [0.1, 0.15) is 19.2 Å². The molecule has 1 N–H and O–H groups in total. The Morgan fingerprint density at radius 3 is 2.89 bits per heavy atom. The van der Waals surface area contributed by atoms with Gasteiger partial charge in [-0.3, -0.25) is 0 Å². The van der Waals surface area contributed by atoms with E-state index >= 15 is 0 Å². The number of benzene rings is 1. The summed E-state index contributed by atoms with van der Waals surface area (Å²) in [4.78, 5) is 11.9. The predicted molar refractivity (Wildman–Crippen MR) is 123 cm³/mol. The zero-order valence-corrected chi connectivity index (χ0v) is 19.4. The van der Waals surface area contributed by atoms with Crippen LogP contribution in [0.4, 0.5) is 0 Å². The molecule has 2 aromatic rings. The third kappa shape index (κ3) is 5.81. The molecule has 0 saturated carbocycles. The Labute approximate surface area is 184 Å². The molecule has 1 aromatic heterocycles. The van der Waals surface area contributed by atoms with Crippen LogP contribution in [0.2, 0.25) is 0 Å². The number of nitrogens with zero attached hydrogens (tertiary/aromatic N) is 4. The number of methoxy groups -OCH3 is 1. The van der Waals surface area contributed by atoms with E-state index in [2.05, 4.69) is 34.8 Å². The standard InChI is InChI=1S/C20H31N5O2.HI/c1-4-21-20(25-10-9-16(14-25)15-27-12-11-26-3)22-13-19-23-17-7-5-6-8-18(17)24(19)2;/h5-8,16H,4,9-15H2,1-3H3,(H,21,22);1H. The van der Waals surface area contributed by atoms with Crippen molar-refractivity contribution in [3.05, 3.63) is 30.1 Å². The molecule has 1 atom stereocenters. The molecule has 0 aliphatic carbocycles. The van der Waals surface area contributed by atoms with E-state index in [-0.39, 0.29) is 24.0 Å². The maximum absolute atomic E-state index is 5.70. The fourth-order valence-corrected chi connectivity index (χ4v) is 3.46. The van der Waals surface area contributed by atoms with Crippen molar-refractivity contribution in [2.45, 2.75) is 19.9 Å². The van der Waals surface area contributed by atoms with Crippen LogP contribution in [0.25, 0.3) is 11.0 Å². The van der Waals surface area contributed by atoms with Crippen molar-refractivity contribution in [1.29, 1.82) is 0 Å². The lowest BCUT2D eigenvalue weighted by molar-refractivity contribution is 0.0536. The molecule has 28 heavy (non-hydrogen) atoms. The highest BCUT2D eigenvalue weighted by Crippen LogP contribution is 2.18. The van der Waals surface area contributed by atoms with Crippen molar-refractivity contribution in [3.8, 4) is 0 Å². The second-order valence-corrected chi connectivity index (χ2v) is 6.91. The van der Waals surface area contributed by atoms with E-state index in [0.717, 1.165) is 55.5 Å². The molecule has 0 amide bonds. The Bertz CT molecular complexity index is 764. The van der Waals surface area contributed by atoms with Crippen molar-refractivity contribution in [3.63, 3.8) is 0 Å². The highest BCUT2D eigenvalue weighted by atomic mass is 127. The van der Waals surface area contributed by atoms with E-state index in [1.54, 1.807) is 7.11 Å². The number of guanidine groups is 1. The molecule has 0 radical (unpaired) electrons. The molecule has 0 bridgehead atoms. The van der Waals surface area contributed by atoms with Gasteiger partial charge in [-0.2, -0.15) is 0 Å². The molecule has 0 spiro atoms. The molecule has 3 rings (SSSR count). The molecular formula is C20H32IN5O2. The van der Waals surface area contributed by atoms with Gasteiger partial charge in [-0.1, -0.05) is 12.1 Å². The summed E-state index contributed by atoms with van der Waals surface area (Å²) in [5, 5.41) is 3.42. The van der Waals surface area contributed by atoms with E-state index < -0.39 is 0 Å². The van der Waals surface area contributed by atoms with Crippen molar-refractivity contribution in [1.82, 2.24) is 19.8 Å². The van der Waals surface area contributed by atoms with E-state index in [0.29, 0.717) is 25.7 Å². The fraction of sp³-hybridized carbons (Fsp3) is 0.600. The maximum atomic E-state index is 5.70. The molecular weight excluding hydrogens is 469 g/mol. The number of hydrogen-bond donors (Lipinski definition) is 1. The minimum absolute atomic E-state index is 0. The van der Waals surface area contributed by atoms with Gasteiger partial charge in [-0.05, 0) is 25.5 Å². The minimum atomic E-state index is 0. The third-order valence-corrected chi connectivity index (χ3v) is 4.96. The normalized spacial score (nSPS) is 17.2. The monoisotopic (exact) mass is 501 g/mol. The highest BCUT2D eigenvalue weighted by molar-refractivity contribution is 14.0. The van der Waals surface area contributed by atoms with Gasteiger partial charge in [-0.15, -0.1) is 24.0 Å². The summed E-state index contributed by atoms with van der Waals surface area (Å²) in [6.45, 7) is 7.60. The number of aliphatic imine (C=N–C) groups is 1. The molecule has 1 aliphatic rings. The first-order valence-corrected chi connectivity index (χ1v) is 9.73. The lowest BCUT2D eigenvalue weighted by Gasteiger charge is -2.21. The molecule has 7 nitrogen and oxygen atoms in total. The average Bonchev–Trinajstić information content (AvgIpc) is 3.28. The number of likely N-dealkylation sites (tertiary alicyclic amines) is 1. The Hall–Kier alpha value is -1.39. The number of rotatable bonds is 8. The maximum Gasteiger partial charge on any atom is 0.194 e. The Balaban J connectivity index is 0.00000280. The van der Waals surface area contributed by atoms with Gasteiger partial charge in [-0.25, -0.2) is 9.98 Å². The lowest BCUT2D eigenvalue weighted by Crippen LogP contribution is -2.40. The number of fused-ring (bicyclic) bond motifs is 1. The molecule has 1 unspecified atom stereocenters. The largest absolute Gasteiger partial charge is 0.382 e. The molecule has 1 saturated heterocycles. The minimum Gasteiger partial charge on any atom is -0.382 e. The van der Waals surface area contributed by atoms with E-state index in [9.17, 15) is 0 Å². The summed E-state index contributed by atoms with van der Waals surface area (Å²) in [6.07, 6.45) is 1.13. The summed E-state index contributed by atoms with van der Waals surface area (Å²) in [7, 11) is 3.75. The van der Waals surface area contributed by atoms with Crippen LogP contribution in [0.5, 0.6) is 0 Å². The predicted octanol–water partition coefficient (Wildman–Crippen LogP) is 2.64. The summed E-state index contributed by atoms with van der Waals surface area (Å²) in [6, 6.07) is 8.20. The smallest absolute Gasteiger partial charge is 0.194 e. The fourth-order valence-electron chi connectivity index (χ4n) is 3.46. The lowest BCUT2D eigenvalue weighted by atomic mass is 10.1. The quantitative estimate of drug-likeness (QED) is 0.261. The van der Waals surface area contributed by atoms with Crippen molar-refractivity contribution in [2.24, 2.45) is 18.0 Å². The number of aromatic nitrogens is 2. The van der Waals surface area contributed by atoms with Crippen LogP contribution >= 0.6 is 24.0 Å². The Morgan fingerprint density at radius 1 is 1.32 bits per heavy atom. The van der Waals surface area contributed by atoms with Crippen LogP contribution in [0.3, 0.4) is 0 Å². The summed E-state index contributed by atoms with van der Waals surface area (Å²) in [5.74, 6) is 2.48. The van der Waals surface area contributed by atoms with Crippen LogP contribution in [0.15, 0.2) is 29.3 Å². The molecule has 1 aromatic carbocycles. The Kier molecular flexibility index (Phi) is 9.46. The Morgan fingerprint density at radius 2 is 2.14 bits per heavy atom. The summed E-state index contributed by atoms with van der Waals surface area (Å²) in [5.41, 5.74) is 2.16. The number of para-hydroxylation sites is 2. The van der Waals surface area contributed by atoms with Crippen molar-refractivity contribution in [2.75, 3.05) is 46.6 Å². The van der Waals surface area contributed by atoms with E-state index in [1.807, 2.05) is 18.2 Å². The summed E-state index contributed by atoms with van der Waals surface area (Å²) < 4.78 is 12.9. The van der Waals surface area contributed by atoms with Crippen LogP contribution in [-0.2, 0) is 23.1 Å². The zero-order chi connectivity index (χ0) is 19.1. The molecule has 1 aliphatic heterocycles. The van der Waals surface area contributed by atoms with Gasteiger partial charge in [0.25, 0.3) is 0 Å². The van der Waals surface area contributed by atoms with Gasteiger partial charge < -0.3 is 24.3 Å². The first-order valence-electron chi connectivity index (χ1n) is 9.73. The second kappa shape index (κ2) is 11.6. The topological polar surface area (TPSA) is 63.9 Å². The van der Waals surface area contributed by atoms with Gasteiger partial charge in [0.1, 0.15) is 12.4 Å². The number of ether oxygens (including phenoxy) is 2. The van der Waals surface area contributed by atoms with Gasteiger partial charge >= 0.3 is 0 Å². The van der Waals surface area contributed by atoms with E-state index in [4.69, 9.17) is 19.5 Å². The van der Waals surface area contributed by atoms with Crippen LogP contribution in [0, 0.1) is 5.92 Å². The van der Waals surface area contributed by atoms with E-state index in [1.165, 1.54) is 0 Å². The van der Waals surface area contributed by atoms with Gasteiger partial charge in [0.2, 0.25) is 0 Å². The molecule has 156 valence electrons. The van der Waals surface area contributed by atoms with Crippen molar-refractivity contribution >= 4 is 41.0 Å². The van der Waals surface area contributed by atoms with Gasteiger partial charge in [0.15, 0.2) is 5.96 Å². The first kappa shape index (κ1) is 22.9. The molecule has 8 heteroatoms. The number of hydrogen-bond acceptors (Lipinski definition) is 4. The number of nitrogens with one attached hydrogen (secondary N) is 1. The average molecular weight is 501 g/mol. The second-order valence-electron chi connectivity index (χ2n) is 6.91. The number of halogens is 1. The molecule has 2 heterocycles. The molecule has 1 fully saturated rings.